The third-order valence-electron chi connectivity index (χ3n) is 2.36. The number of aromatic amines is 1. The number of nitrogen functional groups attached to an aromatic ring is 1. The number of aryl methyl sites for hydroxylation is 2. The molecule has 2 aromatic rings. The number of aromatic nitrogens is 3. The van der Waals surface area contributed by atoms with Gasteiger partial charge in [0.25, 0.3) is 5.91 Å². The van der Waals surface area contributed by atoms with E-state index in [4.69, 9.17) is 5.73 Å². The summed E-state index contributed by atoms with van der Waals surface area (Å²) in [6, 6.07) is 3.59. The Hall–Kier alpha value is -2.37. The number of nitrogens with zero attached hydrogens (tertiary/aromatic N) is 2. The van der Waals surface area contributed by atoms with Crippen LogP contribution in [-0.4, -0.2) is 21.1 Å². The average molecular weight is 231 g/mol. The van der Waals surface area contributed by atoms with Gasteiger partial charge in [-0.05, 0) is 25.5 Å². The van der Waals surface area contributed by atoms with Crippen molar-refractivity contribution >= 4 is 17.4 Å². The zero-order valence-corrected chi connectivity index (χ0v) is 9.61. The first kappa shape index (κ1) is 11.1. The molecule has 6 heteroatoms. The zero-order valence-electron chi connectivity index (χ0n) is 9.61. The van der Waals surface area contributed by atoms with Gasteiger partial charge >= 0.3 is 0 Å². The minimum absolute atomic E-state index is 0.185. The molecule has 0 aliphatic rings. The average Bonchev–Trinajstić information content (AvgIpc) is 2.63. The Labute approximate surface area is 98.3 Å². The molecule has 17 heavy (non-hydrogen) atoms. The second-order valence-corrected chi connectivity index (χ2v) is 3.79. The second-order valence-electron chi connectivity index (χ2n) is 3.79. The molecule has 2 rings (SSSR count). The van der Waals surface area contributed by atoms with Gasteiger partial charge in [0.15, 0.2) is 5.69 Å². The Morgan fingerprint density at radius 1 is 1.41 bits per heavy atom. The Morgan fingerprint density at radius 3 is 2.71 bits per heavy atom. The van der Waals surface area contributed by atoms with Crippen LogP contribution in [0.3, 0.4) is 0 Å². The van der Waals surface area contributed by atoms with Crippen LogP contribution in [0.15, 0.2) is 18.3 Å². The highest BCUT2D eigenvalue weighted by Crippen LogP contribution is 2.14. The van der Waals surface area contributed by atoms with E-state index >= 15 is 0 Å². The fraction of sp³-hybridized carbons (Fsp3) is 0.182. The van der Waals surface area contributed by atoms with Gasteiger partial charge in [-0.15, -0.1) is 0 Å². The van der Waals surface area contributed by atoms with Crippen LogP contribution in [0.5, 0.6) is 0 Å². The van der Waals surface area contributed by atoms with E-state index in [1.165, 1.54) is 0 Å². The van der Waals surface area contributed by atoms with Crippen molar-refractivity contribution in [1.82, 2.24) is 15.2 Å². The van der Waals surface area contributed by atoms with Crippen molar-refractivity contribution in [1.29, 1.82) is 0 Å². The van der Waals surface area contributed by atoms with Gasteiger partial charge in [0, 0.05) is 6.20 Å². The molecule has 0 saturated heterocycles. The van der Waals surface area contributed by atoms with Crippen LogP contribution in [0.25, 0.3) is 0 Å². The summed E-state index contributed by atoms with van der Waals surface area (Å²) in [5.41, 5.74) is 7.95. The van der Waals surface area contributed by atoms with E-state index < -0.39 is 0 Å². The van der Waals surface area contributed by atoms with Crippen molar-refractivity contribution in [2.45, 2.75) is 13.8 Å². The lowest BCUT2D eigenvalue weighted by Crippen LogP contribution is -2.15. The SMILES string of the molecule is Cc1ccc(NC(=O)c2n[nH]c(C)c2N)nc1. The van der Waals surface area contributed by atoms with Crippen molar-refractivity contribution in [2.24, 2.45) is 0 Å². The molecule has 0 radical (unpaired) electrons. The van der Waals surface area contributed by atoms with Crippen LogP contribution < -0.4 is 11.1 Å². The summed E-state index contributed by atoms with van der Waals surface area (Å²) in [4.78, 5) is 15.9. The van der Waals surface area contributed by atoms with Crippen LogP contribution in [0.4, 0.5) is 11.5 Å². The summed E-state index contributed by atoms with van der Waals surface area (Å²) in [5, 5.41) is 9.12. The van der Waals surface area contributed by atoms with Crippen LogP contribution in [0.2, 0.25) is 0 Å². The van der Waals surface area contributed by atoms with E-state index in [9.17, 15) is 4.79 Å². The molecular formula is C11H13N5O. The molecule has 2 heterocycles. The summed E-state index contributed by atoms with van der Waals surface area (Å²) in [6.07, 6.45) is 1.68. The Bertz CT molecular complexity index is 543. The summed E-state index contributed by atoms with van der Waals surface area (Å²) in [6.45, 7) is 3.68. The third kappa shape index (κ3) is 2.25. The molecule has 0 bridgehead atoms. The van der Waals surface area contributed by atoms with E-state index in [0.29, 0.717) is 17.2 Å². The van der Waals surface area contributed by atoms with Crippen molar-refractivity contribution in [3.63, 3.8) is 0 Å². The second kappa shape index (κ2) is 4.25. The molecule has 88 valence electrons. The predicted octanol–water partition coefficient (Wildman–Crippen LogP) is 1.26. The smallest absolute Gasteiger partial charge is 0.279 e. The van der Waals surface area contributed by atoms with Crippen molar-refractivity contribution in [3.8, 4) is 0 Å². The van der Waals surface area contributed by atoms with Gasteiger partial charge in [-0.3, -0.25) is 9.89 Å². The maximum atomic E-state index is 11.8. The number of H-pyrrole nitrogens is 1. The van der Waals surface area contributed by atoms with E-state index in [1.807, 2.05) is 13.0 Å². The lowest BCUT2D eigenvalue weighted by molar-refractivity contribution is 0.102. The number of nitrogens with one attached hydrogen (secondary N) is 2. The number of carbonyl (C=O) groups is 1. The highest BCUT2D eigenvalue weighted by atomic mass is 16.2. The van der Waals surface area contributed by atoms with Gasteiger partial charge in [-0.25, -0.2) is 4.98 Å². The Balaban J connectivity index is 2.17. The molecule has 6 nitrogen and oxygen atoms in total. The molecule has 2 aromatic heterocycles. The quantitative estimate of drug-likeness (QED) is 0.724. The maximum absolute atomic E-state index is 11.8. The van der Waals surface area contributed by atoms with Gasteiger partial charge in [0.1, 0.15) is 5.82 Å². The molecule has 0 spiro atoms. The molecule has 0 aliphatic heterocycles. The molecule has 0 atom stereocenters. The minimum atomic E-state index is -0.372. The van der Waals surface area contributed by atoms with Gasteiger partial charge in [-0.1, -0.05) is 6.07 Å². The number of hydrogen-bond donors (Lipinski definition) is 3. The van der Waals surface area contributed by atoms with Crippen molar-refractivity contribution in [3.05, 3.63) is 35.3 Å². The standard InChI is InChI=1S/C11H13N5O/c1-6-3-4-8(13-5-6)14-11(17)10-9(12)7(2)15-16-10/h3-5H,12H2,1-2H3,(H,15,16)(H,13,14,17). The first-order valence-corrected chi connectivity index (χ1v) is 5.12. The fourth-order valence-corrected chi connectivity index (χ4v) is 1.33. The van der Waals surface area contributed by atoms with Crippen LogP contribution in [0.1, 0.15) is 21.7 Å². The van der Waals surface area contributed by atoms with Crippen molar-refractivity contribution in [2.75, 3.05) is 11.1 Å². The normalized spacial score (nSPS) is 10.2. The molecule has 0 aliphatic carbocycles. The molecule has 4 N–H and O–H groups in total. The van der Waals surface area contributed by atoms with Crippen LogP contribution in [0, 0.1) is 13.8 Å². The number of amides is 1. The molecule has 1 amide bonds. The highest BCUT2D eigenvalue weighted by molar-refractivity contribution is 6.06. The van der Waals surface area contributed by atoms with E-state index in [-0.39, 0.29) is 11.6 Å². The van der Waals surface area contributed by atoms with E-state index in [1.54, 1.807) is 19.2 Å². The number of pyridine rings is 1. The largest absolute Gasteiger partial charge is 0.395 e. The summed E-state index contributed by atoms with van der Waals surface area (Å²) in [7, 11) is 0. The lowest BCUT2D eigenvalue weighted by atomic mass is 10.3. The third-order valence-corrected chi connectivity index (χ3v) is 2.36. The lowest BCUT2D eigenvalue weighted by Gasteiger charge is -2.02. The Morgan fingerprint density at radius 2 is 2.18 bits per heavy atom. The van der Waals surface area contributed by atoms with E-state index in [0.717, 1.165) is 5.56 Å². The number of rotatable bonds is 2. The first-order chi connectivity index (χ1) is 8.08. The van der Waals surface area contributed by atoms with Gasteiger partial charge in [0.05, 0.1) is 11.4 Å². The summed E-state index contributed by atoms with van der Waals surface area (Å²) < 4.78 is 0. The predicted molar refractivity (Wildman–Crippen MR) is 64.7 cm³/mol. The zero-order chi connectivity index (χ0) is 12.4. The molecule has 0 fully saturated rings. The van der Waals surface area contributed by atoms with Gasteiger partial charge in [-0.2, -0.15) is 5.10 Å². The number of anilines is 2. The van der Waals surface area contributed by atoms with E-state index in [2.05, 4.69) is 20.5 Å². The number of hydrogen-bond acceptors (Lipinski definition) is 4. The van der Waals surface area contributed by atoms with Crippen LogP contribution in [-0.2, 0) is 0 Å². The van der Waals surface area contributed by atoms with Crippen molar-refractivity contribution < 1.29 is 4.79 Å². The summed E-state index contributed by atoms with van der Waals surface area (Å²) >= 11 is 0. The van der Waals surface area contributed by atoms with Crippen LogP contribution >= 0.6 is 0 Å². The number of nitrogens with two attached hydrogens (primary N) is 1. The molecule has 0 unspecified atom stereocenters. The highest BCUT2D eigenvalue weighted by Gasteiger charge is 2.15. The van der Waals surface area contributed by atoms with Gasteiger partial charge < -0.3 is 11.1 Å². The molecule has 0 saturated carbocycles. The monoisotopic (exact) mass is 231 g/mol. The summed E-state index contributed by atoms with van der Waals surface area (Å²) in [5.74, 6) is 0.101. The molecular weight excluding hydrogens is 218 g/mol. The first-order valence-electron chi connectivity index (χ1n) is 5.12. The molecule has 0 aromatic carbocycles. The fourth-order valence-electron chi connectivity index (χ4n) is 1.33. The van der Waals surface area contributed by atoms with Gasteiger partial charge in [0.2, 0.25) is 0 Å². The maximum Gasteiger partial charge on any atom is 0.279 e. The topological polar surface area (TPSA) is 96.7 Å². The Kier molecular flexibility index (Phi) is 2.78. The minimum Gasteiger partial charge on any atom is -0.395 e. The number of carbonyl (C=O) groups excluding carboxylic acids is 1.